The second-order valence-electron chi connectivity index (χ2n) is 5.31. The van der Waals surface area contributed by atoms with Gasteiger partial charge in [-0.15, -0.1) is 0 Å². The first kappa shape index (κ1) is 15.4. The number of benzene rings is 1. The highest BCUT2D eigenvalue weighted by atomic mass is 19.1. The van der Waals surface area contributed by atoms with Crippen LogP contribution in [-0.2, 0) is 15.2 Å². The summed E-state index contributed by atoms with van der Waals surface area (Å²) in [7, 11) is 0. The number of halogens is 1. The third-order valence-electron chi connectivity index (χ3n) is 3.88. The van der Waals surface area contributed by atoms with Crippen molar-refractivity contribution in [2.75, 3.05) is 13.1 Å². The van der Waals surface area contributed by atoms with Crippen LogP contribution in [-0.4, -0.2) is 40.1 Å². The number of aliphatic hydroxyl groups is 1. The van der Waals surface area contributed by atoms with Crippen LogP contribution in [0.15, 0.2) is 24.3 Å². The van der Waals surface area contributed by atoms with E-state index in [1.54, 1.807) is 17.0 Å². The maximum absolute atomic E-state index is 12.9. The Hall–Kier alpha value is -1.95. The van der Waals surface area contributed by atoms with Crippen molar-refractivity contribution >= 4 is 11.9 Å². The molecule has 2 N–H and O–H groups in total. The molecular weight excluding hydrogens is 277 g/mol. The predicted octanol–water partition coefficient (Wildman–Crippen LogP) is 1.50. The molecule has 1 aromatic rings. The summed E-state index contributed by atoms with van der Waals surface area (Å²) in [5, 5.41) is 19.2. The number of amides is 1. The van der Waals surface area contributed by atoms with Crippen molar-refractivity contribution in [2.45, 2.75) is 31.3 Å². The molecule has 0 unspecified atom stereocenters. The number of carboxylic acids is 1. The van der Waals surface area contributed by atoms with E-state index >= 15 is 0 Å². The monoisotopic (exact) mass is 295 g/mol. The van der Waals surface area contributed by atoms with E-state index in [-0.39, 0.29) is 24.6 Å². The molecule has 1 saturated heterocycles. The number of carbonyl (C=O) groups excluding carboxylic acids is 1. The van der Waals surface area contributed by atoms with E-state index in [9.17, 15) is 19.1 Å². The van der Waals surface area contributed by atoms with E-state index in [2.05, 4.69) is 0 Å². The van der Waals surface area contributed by atoms with Gasteiger partial charge in [0, 0.05) is 19.5 Å². The fourth-order valence-corrected chi connectivity index (χ4v) is 2.55. The van der Waals surface area contributed by atoms with Crippen LogP contribution in [0.5, 0.6) is 0 Å². The molecule has 0 saturated carbocycles. The highest BCUT2D eigenvalue weighted by Gasteiger charge is 2.35. The number of hydrogen-bond acceptors (Lipinski definition) is 3. The molecule has 6 heteroatoms. The van der Waals surface area contributed by atoms with Crippen LogP contribution < -0.4 is 0 Å². The largest absolute Gasteiger partial charge is 0.481 e. The van der Waals surface area contributed by atoms with Gasteiger partial charge in [0.15, 0.2) is 0 Å². The molecule has 1 amide bonds. The van der Waals surface area contributed by atoms with Crippen LogP contribution >= 0.6 is 0 Å². The number of hydrogen-bond donors (Lipinski definition) is 2. The summed E-state index contributed by atoms with van der Waals surface area (Å²) in [6.07, 6.45) is 0.511. The molecule has 0 bridgehead atoms. The number of nitrogens with zero attached hydrogens (tertiary/aromatic N) is 1. The van der Waals surface area contributed by atoms with Crippen molar-refractivity contribution in [3.05, 3.63) is 35.6 Å². The Morgan fingerprint density at radius 2 is 1.71 bits per heavy atom. The van der Waals surface area contributed by atoms with Crippen molar-refractivity contribution in [1.29, 1.82) is 0 Å². The van der Waals surface area contributed by atoms with Crippen LogP contribution in [0.25, 0.3) is 0 Å². The molecule has 21 heavy (non-hydrogen) atoms. The summed E-state index contributed by atoms with van der Waals surface area (Å²) >= 11 is 0. The predicted molar refractivity (Wildman–Crippen MR) is 73.0 cm³/mol. The van der Waals surface area contributed by atoms with Crippen LogP contribution in [0.1, 0.15) is 31.2 Å². The van der Waals surface area contributed by atoms with Crippen molar-refractivity contribution in [3.63, 3.8) is 0 Å². The maximum Gasteiger partial charge on any atom is 0.303 e. The summed E-state index contributed by atoms with van der Waals surface area (Å²) in [5.41, 5.74) is -0.418. The SMILES string of the molecule is O=C(O)CCC(=O)N1CCC(O)(c2ccc(F)cc2)CC1. The van der Waals surface area contributed by atoms with Gasteiger partial charge in [-0.25, -0.2) is 4.39 Å². The van der Waals surface area contributed by atoms with Crippen molar-refractivity contribution < 1.29 is 24.2 Å². The van der Waals surface area contributed by atoms with Gasteiger partial charge in [-0.3, -0.25) is 9.59 Å². The zero-order valence-corrected chi connectivity index (χ0v) is 11.6. The van der Waals surface area contributed by atoms with Crippen LogP contribution in [0, 0.1) is 5.82 Å². The number of rotatable bonds is 4. The van der Waals surface area contributed by atoms with Gasteiger partial charge in [0.25, 0.3) is 0 Å². The molecule has 0 spiro atoms. The molecule has 0 atom stereocenters. The van der Waals surface area contributed by atoms with E-state index in [0.717, 1.165) is 0 Å². The molecule has 2 rings (SSSR count). The number of aliphatic carboxylic acids is 1. The van der Waals surface area contributed by atoms with Gasteiger partial charge in [-0.1, -0.05) is 12.1 Å². The van der Waals surface area contributed by atoms with Gasteiger partial charge in [-0.2, -0.15) is 0 Å². The summed E-state index contributed by atoms with van der Waals surface area (Å²) in [6.45, 7) is 0.735. The van der Waals surface area contributed by atoms with Crippen LogP contribution in [0.2, 0.25) is 0 Å². The second kappa shape index (κ2) is 6.22. The van der Waals surface area contributed by atoms with Crippen molar-refractivity contribution in [2.24, 2.45) is 0 Å². The minimum absolute atomic E-state index is 0.0235. The summed E-state index contributed by atoms with van der Waals surface area (Å²) < 4.78 is 12.9. The van der Waals surface area contributed by atoms with Gasteiger partial charge in [0.2, 0.25) is 5.91 Å². The Bertz CT molecular complexity index is 521. The molecule has 1 aliphatic heterocycles. The fraction of sp³-hybridized carbons (Fsp3) is 0.467. The zero-order valence-electron chi connectivity index (χ0n) is 11.6. The number of carbonyl (C=O) groups is 2. The molecule has 0 radical (unpaired) electrons. The molecule has 5 nitrogen and oxygen atoms in total. The zero-order chi connectivity index (χ0) is 15.5. The minimum Gasteiger partial charge on any atom is -0.481 e. The van der Waals surface area contributed by atoms with E-state index in [1.165, 1.54) is 12.1 Å². The molecule has 114 valence electrons. The number of piperidine rings is 1. The van der Waals surface area contributed by atoms with E-state index in [4.69, 9.17) is 5.11 Å². The van der Waals surface area contributed by atoms with E-state index < -0.39 is 11.6 Å². The first-order chi connectivity index (χ1) is 9.90. The minimum atomic E-state index is -1.06. The lowest BCUT2D eigenvalue weighted by atomic mass is 9.84. The third-order valence-corrected chi connectivity index (χ3v) is 3.88. The number of carboxylic acid groups (broad SMARTS) is 1. The average molecular weight is 295 g/mol. The lowest BCUT2D eigenvalue weighted by Gasteiger charge is -2.38. The van der Waals surface area contributed by atoms with Gasteiger partial charge >= 0.3 is 5.97 Å². The second-order valence-corrected chi connectivity index (χ2v) is 5.31. The third kappa shape index (κ3) is 3.78. The summed E-state index contributed by atoms with van der Waals surface area (Å²) in [6, 6.07) is 5.71. The van der Waals surface area contributed by atoms with E-state index in [0.29, 0.717) is 31.5 Å². The van der Waals surface area contributed by atoms with Crippen molar-refractivity contribution in [1.82, 2.24) is 4.90 Å². The molecule has 1 fully saturated rings. The Kier molecular flexibility index (Phi) is 4.57. The average Bonchev–Trinajstić information content (AvgIpc) is 2.46. The Morgan fingerprint density at radius 1 is 1.14 bits per heavy atom. The summed E-state index contributed by atoms with van der Waals surface area (Å²) in [4.78, 5) is 23.9. The Morgan fingerprint density at radius 3 is 2.24 bits per heavy atom. The highest BCUT2D eigenvalue weighted by Crippen LogP contribution is 2.33. The van der Waals surface area contributed by atoms with E-state index in [1.807, 2.05) is 0 Å². The smallest absolute Gasteiger partial charge is 0.303 e. The quantitative estimate of drug-likeness (QED) is 0.882. The Labute approximate surface area is 122 Å². The fourth-order valence-electron chi connectivity index (χ4n) is 2.55. The molecule has 0 aromatic heterocycles. The normalized spacial score (nSPS) is 17.5. The molecule has 1 heterocycles. The molecule has 1 aromatic carbocycles. The van der Waals surface area contributed by atoms with Crippen LogP contribution in [0.4, 0.5) is 4.39 Å². The molecule has 1 aliphatic rings. The first-order valence-electron chi connectivity index (χ1n) is 6.89. The topological polar surface area (TPSA) is 77.8 Å². The Balaban J connectivity index is 1.94. The lowest BCUT2D eigenvalue weighted by molar-refractivity contribution is -0.142. The molecule has 0 aliphatic carbocycles. The molecular formula is C15H18FNO4. The van der Waals surface area contributed by atoms with Crippen LogP contribution in [0.3, 0.4) is 0 Å². The highest BCUT2D eigenvalue weighted by molar-refractivity contribution is 5.80. The van der Waals surface area contributed by atoms with Gasteiger partial charge in [-0.05, 0) is 30.5 Å². The van der Waals surface area contributed by atoms with Gasteiger partial charge < -0.3 is 15.1 Å². The van der Waals surface area contributed by atoms with Crippen molar-refractivity contribution in [3.8, 4) is 0 Å². The standard InChI is InChI=1S/C15H18FNO4/c16-12-3-1-11(2-4-12)15(21)7-9-17(10-8-15)13(18)5-6-14(19)20/h1-4,21H,5-10H2,(H,19,20). The lowest BCUT2D eigenvalue weighted by Crippen LogP contribution is -2.45. The first-order valence-corrected chi connectivity index (χ1v) is 6.89. The summed E-state index contributed by atoms with van der Waals surface area (Å²) in [5.74, 6) is -1.56. The van der Waals surface area contributed by atoms with Gasteiger partial charge in [0.1, 0.15) is 5.82 Å². The maximum atomic E-state index is 12.9. The number of likely N-dealkylation sites (tertiary alicyclic amines) is 1. The van der Waals surface area contributed by atoms with Gasteiger partial charge in [0.05, 0.1) is 12.0 Å².